The molecular formula is C26H34N2S. The van der Waals surface area contributed by atoms with Gasteiger partial charge in [-0.2, -0.15) is 0 Å². The molecule has 1 N–H and O–H groups in total. The predicted molar refractivity (Wildman–Crippen MR) is 126 cm³/mol. The van der Waals surface area contributed by atoms with Crippen molar-refractivity contribution >= 4 is 22.6 Å². The number of anilines is 1. The maximum atomic E-state index is 5.22. The number of rotatable bonds is 1. The number of allylic oxidation sites excluding steroid dienone is 3. The minimum atomic E-state index is 0.168. The van der Waals surface area contributed by atoms with Gasteiger partial charge in [-0.1, -0.05) is 70.2 Å². The van der Waals surface area contributed by atoms with Gasteiger partial charge in [0.15, 0.2) is 5.17 Å². The standard InChI is InChI=1S/C26H34N2S/c1-17-7-9-19(10-8-17)27-22-28-20-13-23(2,3)11-18-12-25(6)14-24(4,5)15-26(16-25,29-22)21(18)20/h7-10,12H,11,13-16H2,1-6H3,(H,27,28)/t25-,26-/m0/s1. The van der Waals surface area contributed by atoms with Crippen LogP contribution in [0.15, 0.2) is 52.2 Å². The van der Waals surface area contributed by atoms with Crippen LogP contribution >= 0.6 is 11.8 Å². The third-order valence-corrected chi connectivity index (χ3v) is 8.34. The highest BCUT2D eigenvalue weighted by Gasteiger charge is 2.57. The summed E-state index contributed by atoms with van der Waals surface area (Å²) in [6.45, 7) is 14.4. The molecule has 1 aromatic rings. The molecule has 3 heteroatoms. The lowest BCUT2D eigenvalue weighted by atomic mass is 9.52. The van der Waals surface area contributed by atoms with Crippen molar-refractivity contribution in [2.24, 2.45) is 21.2 Å². The SMILES string of the molecule is Cc1ccc(NC2=NC3=C4C(=C[C@@]5(C)CC(C)(C)C[C@@]4(C5)S2)CC(C)(C)C3)cc1. The fraction of sp³-hybridized carbons (Fsp3) is 0.577. The second kappa shape index (κ2) is 6.03. The highest BCUT2D eigenvalue weighted by atomic mass is 32.2. The number of fused-ring (bicyclic) bond motifs is 1. The van der Waals surface area contributed by atoms with Crippen molar-refractivity contribution in [1.29, 1.82) is 0 Å². The van der Waals surface area contributed by atoms with E-state index in [4.69, 9.17) is 4.99 Å². The zero-order valence-electron chi connectivity index (χ0n) is 18.8. The van der Waals surface area contributed by atoms with Crippen LogP contribution in [0, 0.1) is 23.2 Å². The van der Waals surface area contributed by atoms with Crippen molar-refractivity contribution < 1.29 is 0 Å². The number of aryl methyl sites for hydroxylation is 1. The molecule has 2 bridgehead atoms. The Bertz CT molecular complexity index is 963. The van der Waals surface area contributed by atoms with Crippen LogP contribution in [0.3, 0.4) is 0 Å². The van der Waals surface area contributed by atoms with Crippen LogP contribution in [0.2, 0.25) is 0 Å². The third-order valence-electron chi connectivity index (χ3n) is 7.07. The maximum absolute atomic E-state index is 5.22. The molecule has 0 radical (unpaired) electrons. The van der Waals surface area contributed by atoms with Gasteiger partial charge in [0.2, 0.25) is 0 Å². The molecule has 1 aliphatic heterocycles. The van der Waals surface area contributed by atoms with Crippen molar-refractivity contribution in [2.45, 2.75) is 78.4 Å². The Labute approximate surface area is 180 Å². The van der Waals surface area contributed by atoms with Crippen LogP contribution in [-0.4, -0.2) is 9.91 Å². The molecule has 1 aromatic carbocycles. The smallest absolute Gasteiger partial charge is 0.166 e. The average molecular weight is 407 g/mol. The van der Waals surface area contributed by atoms with Gasteiger partial charge in [0.1, 0.15) is 0 Å². The lowest BCUT2D eigenvalue weighted by Gasteiger charge is -2.59. The monoisotopic (exact) mass is 406 g/mol. The number of amidine groups is 1. The molecule has 5 rings (SSSR count). The van der Waals surface area contributed by atoms with Crippen LogP contribution in [0.1, 0.15) is 72.3 Å². The van der Waals surface area contributed by atoms with Gasteiger partial charge in [-0.15, -0.1) is 0 Å². The van der Waals surface area contributed by atoms with Crippen LogP contribution in [-0.2, 0) is 0 Å². The maximum Gasteiger partial charge on any atom is 0.166 e. The first-order valence-corrected chi connectivity index (χ1v) is 11.9. The Kier molecular flexibility index (Phi) is 4.05. The summed E-state index contributed by atoms with van der Waals surface area (Å²) < 4.78 is 0.168. The molecule has 29 heavy (non-hydrogen) atoms. The van der Waals surface area contributed by atoms with Crippen molar-refractivity contribution in [3.05, 3.63) is 52.7 Å². The molecule has 0 aromatic heterocycles. The van der Waals surface area contributed by atoms with Gasteiger partial charge in [0.25, 0.3) is 0 Å². The molecule has 2 atom stereocenters. The molecular weight excluding hydrogens is 372 g/mol. The second-order valence-electron chi connectivity index (χ2n) is 11.9. The molecule has 1 heterocycles. The van der Waals surface area contributed by atoms with Crippen molar-refractivity contribution in [2.75, 3.05) is 5.32 Å². The quantitative estimate of drug-likeness (QED) is 0.523. The molecule has 0 saturated heterocycles. The summed E-state index contributed by atoms with van der Waals surface area (Å²) in [5, 5.41) is 4.76. The third kappa shape index (κ3) is 3.40. The molecule has 1 spiro atoms. The lowest BCUT2D eigenvalue weighted by molar-refractivity contribution is 0.107. The van der Waals surface area contributed by atoms with Gasteiger partial charge < -0.3 is 5.32 Å². The number of aliphatic imine (C=N–C) groups is 1. The van der Waals surface area contributed by atoms with Gasteiger partial charge in [0, 0.05) is 11.4 Å². The van der Waals surface area contributed by atoms with Crippen LogP contribution in [0.5, 0.6) is 0 Å². The fourth-order valence-electron chi connectivity index (χ4n) is 6.84. The highest BCUT2D eigenvalue weighted by Crippen LogP contribution is 2.67. The first-order chi connectivity index (χ1) is 13.5. The van der Waals surface area contributed by atoms with Crippen molar-refractivity contribution in [3.63, 3.8) is 0 Å². The molecule has 0 unspecified atom stereocenters. The predicted octanol–water partition coefficient (Wildman–Crippen LogP) is 7.48. The summed E-state index contributed by atoms with van der Waals surface area (Å²) in [4.78, 5) is 5.22. The van der Waals surface area contributed by atoms with E-state index in [2.05, 4.69) is 77.2 Å². The Morgan fingerprint density at radius 2 is 1.62 bits per heavy atom. The average Bonchev–Trinajstić information content (AvgIpc) is 2.51. The number of nitrogens with zero attached hydrogens (tertiary/aromatic N) is 1. The van der Waals surface area contributed by atoms with E-state index in [-0.39, 0.29) is 10.2 Å². The van der Waals surface area contributed by atoms with Gasteiger partial charge in [-0.05, 0) is 78.6 Å². The van der Waals surface area contributed by atoms with Gasteiger partial charge >= 0.3 is 0 Å². The highest BCUT2D eigenvalue weighted by molar-refractivity contribution is 8.15. The molecule has 3 aliphatic carbocycles. The number of benzene rings is 1. The zero-order valence-corrected chi connectivity index (χ0v) is 19.6. The minimum absolute atomic E-state index is 0.168. The Morgan fingerprint density at radius 3 is 2.34 bits per heavy atom. The first kappa shape index (κ1) is 19.5. The van der Waals surface area contributed by atoms with Gasteiger partial charge in [-0.3, -0.25) is 0 Å². The lowest BCUT2D eigenvalue weighted by Crippen LogP contribution is -2.52. The number of hydrogen-bond acceptors (Lipinski definition) is 3. The van der Waals surface area contributed by atoms with Crippen LogP contribution < -0.4 is 5.32 Å². The molecule has 1 saturated carbocycles. The molecule has 0 amide bonds. The van der Waals surface area contributed by atoms with E-state index in [1.165, 1.54) is 36.9 Å². The number of nitrogens with one attached hydrogen (secondary N) is 1. The summed E-state index contributed by atoms with van der Waals surface area (Å²) in [7, 11) is 0. The normalized spacial score (nSPS) is 34.1. The van der Waals surface area contributed by atoms with E-state index in [1.807, 2.05) is 11.8 Å². The summed E-state index contributed by atoms with van der Waals surface area (Å²) in [6, 6.07) is 8.69. The molecule has 154 valence electrons. The summed E-state index contributed by atoms with van der Waals surface area (Å²) >= 11 is 2.01. The van der Waals surface area contributed by atoms with E-state index in [0.29, 0.717) is 10.8 Å². The van der Waals surface area contributed by atoms with Gasteiger partial charge in [-0.25, -0.2) is 4.99 Å². The van der Waals surface area contributed by atoms with Crippen LogP contribution in [0.4, 0.5) is 5.69 Å². The number of thioether (sulfide) groups is 1. The molecule has 4 aliphatic rings. The van der Waals surface area contributed by atoms with E-state index in [0.717, 1.165) is 17.3 Å². The van der Waals surface area contributed by atoms with E-state index < -0.39 is 0 Å². The fourth-order valence-corrected chi connectivity index (χ4v) is 8.75. The van der Waals surface area contributed by atoms with E-state index in [1.54, 1.807) is 11.1 Å². The topological polar surface area (TPSA) is 24.4 Å². The zero-order chi connectivity index (χ0) is 20.7. The molecule has 2 nitrogen and oxygen atoms in total. The van der Waals surface area contributed by atoms with Gasteiger partial charge in [0.05, 0.1) is 4.75 Å². The Morgan fingerprint density at radius 1 is 0.897 bits per heavy atom. The Balaban J connectivity index is 1.62. The first-order valence-electron chi connectivity index (χ1n) is 11.0. The van der Waals surface area contributed by atoms with E-state index in [9.17, 15) is 0 Å². The summed E-state index contributed by atoms with van der Waals surface area (Å²) in [5.41, 5.74) is 7.90. The van der Waals surface area contributed by atoms with Crippen LogP contribution in [0.25, 0.3) is 0 Å². The largest absolute Gasteiger partial charge is 0.335 e. The second-order valence-corrected chi connectivity index (χ2v) is 13.2. The minimum Gasteiger partial charge on any atom is -0.335 e. The molecule has 1 fully saturated rings. The summed E-state index contributed by atoms with van der Waals surface area (Å²) in [6.07, 6.45) is 8.69. The van der Waals surface area contributed by atoms with Crippen molar-refractivity contribution in [1.82, 2.24) is 0 Å². The van der Waals surface area contributed by atoms with Crippen molar-refractivity contribution in [3.8, 4) is 0 Å². The summed E-state index contributed by atoms with van der Waals surface area (Å²) in [5.74, 6) is 0. The number of hydrogen-bond donors (Lipinski definition) is 1. The Hall–Kier alpha value is -1.48. The van der Waals surface area contributed by atoms with E-state index >= 15 is 0 Å².